The lowest BCUT2D eigenvalue weighted by Crippen LogP contribution is -1.99. The van der Waals surface area contributed by atoms with Gasteiger partial charge in [-0.15, -0.1) is 0 Å². The van der Waals surface area contributed by atoms with Gasteiger partial charge in [-0.25, -0.2) is 0 Å². The molecular weight excluding hydrogens is 226 g/mol. The first-order valence-corrected chi connectivity index (χ1v) is 5.96. The number of aromatic nitrogens is 1. The number of benzene rings is 1. The van der Waals surface area contributed by atoms with E-state index in [0.717, 1.165) is 28.3 Å². The van der Waals surface area contributed by atoms with Gasteiger partial charge in [0.2, 0.25) is 0 Å². The van der Waals surface area contributed by atoms with E-state index in [1.54, 1.807) is 7.11 Å². The molecule has 1 aromatic heterocycles. The van der Waals surface area contributed by atoms with Crippen LogP contribution in [0.2, 0.25) is 0 Å². The summed E-state index contributed by atoms with van der Waals surface area (Å²) in [4.78, 5) is 4.59. The monoisotopic (exact) mass is 243 g/mol. The zero-order valence-electron chi connectivity index (χ0n) is 10.7. The van der Waals surface area contributed by atoms with Crippen LogP contribution in [0.3, 0.4) is 0 Å². The molecular formula is C15H17NO2. The molecule has 0 aliphatic rings. The van der Waals surface area contributed by atoms with Gasteiger partial charge < -0.3 is 9.84 Å². The minimum Gasteiger partial charge on any atom is -0.497 e. The number of methoxy groups -OCH3 is 1. The van der Waals surface area contributed by atoms with Crippen molar-refractivity contribution in [2.24, 2.45) is 0 Å². The van der Waals surface area contributed by atoms with Crippen molar-refractivity contribution in [1.82, 2.24) is 4.98 Å². The van der Waals surface area contributed by atoms with E-state index >= 15 is 0 Å². The standard InChI is InChI=1S/C15H17NO2/c1-11-3-8-15(16-14(11)9-10-17)12-4-6-13(18-2)7-5-12/h3-8,17H,9-10H2,1-2H3. The Hall–Kier alpha value is -1.87. The van der Waals surface area contributed by atoms with Crippen molar-refractivity contribution in [2.75, 3.05) is 13.7 Å². The summed E-state index contributed by atoms with van der Waals surface area (Å²) in [5.41, 5.74) is 4.04. The summed E-state index contributed by atoms with van der Waals surface area (Å²) in [7, 11) is 1.65. The molecule has 3 heteroatoms. The molecule has 0 aliphatic heterocycles. The maximum absolute atomic E-state index is 9.02. The number of aliphatic hydroxyl groups excluding tert-OH is 1. The van der Waals surface area contributed by atoms with E-state index < -0.39 is 0 Å². The Bertz CT molecular complexity index is 521. The maximum atomic E-state index is 9.02. The van der Waals surface area contributed by atoms with Crippen LogP contribution in [0, 0.1) is 6.92 Å². The number of rotatable bonds is 4. The molecule has 0 atom stereocenters. The van der Waals surface area contributed by atoms with E-state index in [0.29, 0.717) is 6.42 Å². The Kier molecular flexibility index (Phi) is 3.95. The van der Waals surface area contributed by atoms with E-state index in [-0.39, 0.29) is 6.61 Å². The molecule has 2 rings (SSSR count). The van der Waals surface area contributed by atoms with Gasteiger partial charge in [-0.3, -0.25) is 4.98 Å². The van der Waals surface area contributed by atoms with Crippen LogP contribution in [0.5, 0.6) is 5.75 Å². The first-order valence-electron chi connectivity index (χ1n) is 5.96. The van der Waals surface area contributed by atoms with Crippen LogP contribution in [0.15, 0.2) is 36.4 Å². The van der Waals surface area contributed by atoms with Crippen LogP contribution in [-0.4, -0.2) is 23.8 Å². The van der Waals surface area contributed by atoms with Crippen molar-refractivity contribution in [1.29, 1.82) is 0 Å². The number of pyridine rings is 1. The highest BCUT2D eigenvalue weighted by atomic mass is 16.5. The first kappa shape index (κ1) is 12.6. The first-order chi connectivity index (χ1) is 8.74. The molecule has 18 heavy (non-hydrogen) atoms. The fraction of sp³-hybridized carbons (Fsp3) is 0.267. The van der Waals surface area contributed by atoms with Crippen LogP contribution in [-0.2, 0) is 6.42 Å². The van der Waals surface area contributed by atoms with Crippen molar-refractivity contribution in [3.8, 4) is 17.0 Å². The SMILES string of the molecule is COc1ccc(-c2ccc(C)c(CCO)n2)cc1. The Balaban J connectivity index is 2.34. The van der Waals surface area contributed by atoms with Crippen molar-refractivity contribution < 1.29 is 9.84 Å². The lowest BCUT2D eigenvalue weighted by atomic mass is 10.1. The highest BCUT2D eigenvalue weighted by molar-refractivity contribution is 5.60. The minimum absolute atomic E-state index is 0.125. The smallest absolute Gasteiger partial charge is 0.118 e. The van der Waals surface area contributed by atoms with E-state index in [1.165, 1.54) is 0 Å². The number of hydrogen-bond donors (Lipinski definition) is 1. The van der Waals surface area contributed by atoms with Crippen molar-refractivity contribution in [3.05, 3.63) is 47.7 Å². The fourth-order valence-electron chi connectivity index (χ4n) is 1.85. The van der Waals surface area contributed by atoms with Gasteiger partial charge in [-0.05, 0) is 42.8 Å². The molecule has 0 amide bonds. The molecule has 0 aliphatic carbocycles. The maximum Gasteiger partial charge on any atom is 0.118 e. The van der Waals surface area contributed by atoms with Crippen LogP contribution in [0.1, 0.15) is 11.3 Å². The highest BCUT2D eigenvalue weighted by Gasteiger charge is 2.04. The van der Waals surface area contributed by atoms with Gasteiger partial charge in [-0.2, -0.15) is 0 Å². The molecule has 0 saturated heterocycles. The highest BCUT2D eigenvalue weighted by Crippen LogP contribution is 2.22. The second-order valence-corrected chi connectivity index (χ2v) is 4.16. The average molecular weight is 243 g/mol. The Morgan fingerprint density at radius 2 is 1.83 bits per heavy atom. The Morgan fingerprint density at radius 3 is 2.44 bits per heavy atom. The van der Waals surface area contributed by atoms with Gasteiger partial charge in [0.1, 0.15) is 5.75 Å². The van der Waals surface area contributed by atoms with Gasteiger partial charge >= 0.3 is 0 Å². The molecule has 2 aromatic rings. The van der Waals surface area contributed by atoms with Crippen molar-refractivity contribution >= 4 is 0 Å². The molecule has 1 N–H and O–H groups in total. The van der Waals surface area contributed by atoms with E-state index in [9.17, 15) is 0 Å². The molecule has 0 saturated carbocycles. The minimum atomic E-state index is 0.125. The van der Waals surface area contributed by atoms with Crippen LogP contribution >= 0.6 is 0 Å². The van der Waals surface area contributed by atoms with Crippen LogP contribution < -0.4 is 4.74 Å². The quantitative estimate of drug-likeness (QED) is 0.897. The van der Waals surface area contributed by atoms with Gasteiger partial charge in [0.05, 0.1) is 12.8 Å². The lowest BCUT2D eigenvalue weighted by molar-refractivity contribution is 0.298. The summed E-state index contributed by atoms with van der Waals surface area (Å²) < 4.78 is 5.13. The number of nitrogens with zero attached hydrogens (tertiary/aromatic N) is 1. The summed E-state index contributed by atoms with van der Waals surface area (Å²) in [6.45, 7) is 2.13. The van der Waals surface area contributed by atoms with Gasteiger partial charge in [-0.1, -0.05) is 6.07 Å². The number of aryl methyl sites for hydroxylation is 1. The largest absolute Gasteiger partial charge is 0.497 e. The molecule has 94 valence electrons. The van der Waals surface area contributed by atoms with Crippen LogP contribution in [0.4, 0.5) is 0 Å². The second kappa shape index (κ2) is 5.65. The van der Waals surface area contributed by atoms with Crippen molar-refractivity contribution in [3.63, 3.8) is 0 Å². The van der Waals surface area contributed by atoms with E-state index in [1.807, 2.05) is 43.3 Å². The fourth-order valence-corrected chi connectivity index (χ4v) is 1.85. The average Bonchev–Trinajstić information content (AvgIpc) is 2.42. The second-order valence-electron chi connectivity index (χ2n) is 4.16. The van der Waals surface area contributed by atoms with Crippen LogP contribution in [0.25, 0.3) is 11.3 Å². The summed E-state index contributed by atoms with van der Waals surface area (Å²) in [5, 5.41) is 9.02. The van der Waals surface area contributed by atoms with Gasteiger partial charge in [0.15, 0.2) is 0 Å². The van der Waals surface area contributed by atoms with Gasteiger partial charge in [0, 0.05) is 24.3 Å². The lowest BCUT2D eigenvalue weighted by Gasteiger charge is -2.07. The third-order valence-corrected chi connectivity index (χ3v) is 2.94. The molecule has 0 fully saturated rings. The third kappa shape index (κ3) is 2.68. The molecule has 0 unspecified atom stereocenters. The molecule has 1 heterocycles. The summed E-state index contributed by atoms with van der Waals surface area (Å²) in [5.74, 6) is 0.835. The molecule has 1 aromatic carbocycles. The van der Waals surface area contributed by atoms with Crippen molar-refractivity contribution in [2.45, 2.75) is 13.3 Å². The molecule has 0 radical (unpaired) electrons. The third-order valence-electron chi connectivity index (χ3n) is 2.94. The van der Waals surface area contributed by atoms with E-state index in [2.05, 4.69) is 4.98 Å². The predicted molar refractivity (Wildman–Crippen MR) is 71.8 cm³/mol. The number of aliphatic hydroxyl groups is 1. The number of ether oxygens (including phenoxy) is 1. The van der Waals surface area contributed by atoms with E-state index in [4.69, 9.17) is 9.84 Å². The zero-order chi connectivity index (χ0) is 13.0. The topological polar surface area (TPSA) is 42.4 Å². The zero-order valence-corrected chi connectivity index (χ0v) is 10.7. The Morgan fingerprint density at radius 1 is 1.11 bits per heavy atom. The normalized spacial score (nSPS) is 10.4. The number of hydrogen-bond acceptors (Lipinski definition) is 3. The summed E-state index contributed by atoms with van der Waals surface area (Å²) in [6.07, 6.45) is 0.593. The molecule has 3 nitrogen and oxygen atoms in total. The Labute approximate surface area is 107 Å². The summed E-state index contributed by atoms with van der Waals surface area (Å²) in [6, 6.07) is 11.8. The van der Waals surface area contributed by atoms with Gasteiger partial charge in [0.25, 0.3) is 0 Å². The molecule has 0 spiro atoms. The predicted octanol–water partition coefficient (Wildman–Crippen LogP) is 2.60. The molecule has 0 bridgehead atoms. The summed E-state index contributed by atoms with van der Waals surface area (Å²) >= 11 is 0.